The van der Waals surface area contributed by atoms with Crippen molar-refractivity contribution in [2.75, 3.05) is 22.6 Å². The number of nitrogens with one attached hydrogen (secondary N) is 1. The molecule has 3 atom stereocenters. The normalized spacial score (nSPS) is 28.6. The maximum atomic E-state index is 13.9. The molecule has 0 spiro atoms. The lowest BCUT2D eigenvalue weighted by Crippen LogP contribution is -2.55. The SMILES string of the molecule is Nc1ncnc2c1NC#CN2[C@@H]1C[C@H](CO)C1F. The van der Waals surface area contributed by atoms with Gasteiger partial charge in [0.05, 0.1) is 6.04 Å². The summed E-state index contributed by atoms with van der Waals surface area (Å²) in [5, 5.41) is 11.7. The molecule has 3 rings (SSSR count). The van der Waals surface area contributed by atoms with Crippen LogP contribution in [0.15, 0.2) is 6.33 Å². The third-order valence-corrected chi connectivity index (χ3v) is 3.38. The number of alkyl halides is 1. The zero-order chi connectivity index (χ0) is 12.7. The minimum atomic E-state index is -1.11. The zero-order valence-corrected chi connectivity index (χ0v) is 9.47. The Balaban J connectivity index is 1.91. The third kappa shape index (κ3) is 1.46. The molecule has 2 heterocycles. The smallest absolute Gasteiger partial charge is 0.170 e. The van der Waals surface area contributed by atoms with Gasteiger partial charge in [0.15, 0.2) is 11.6 Å². The van der Waals surface area contributed by atoms with Crippen molar-refractivity contribution < 1.29 is 9.50 Å². The molecule has 18 heavy (non-hydrogen) atoms. The number of hydrogen-bond acceptors (Lipinski definition) is 6. The average Bonchev–Trinajstić information content (AvgIpc) is 2.39. The van der Waals surface area contributed by atoms with Crippen molar-refractivity contribution >= 4 is 17.3 Å². The van der Waals surface area contributed by atoms with Crippen LogP contribution >= 0.6 is 0 Å². The summed E-state index contributed by atoms with van der Waals surface area (Å²) in [5.74, 6) is 0.465. The maximum absolute atomic E-state index is 13.9. The fraction of sp³-hybridized carbons (Fsp3) is 0.455. The van der Waals surface area contributed by atoms with E-state index in [-0.39, 0.29) is 24.4 Å². The van der Waals surface area contributed by atoms with E-state index in [1.54, 1.807) is 4.90 Å². The molecule has 1 aromatic heterocycles. The summed E-state index contributed by atoms with van der Waals surface area (Å²) in [5.41, 5.74) is 6.22. The van der Waals surface area contributed by atoms with Crippen molar-refractivity contribution in [1.82, 2.24) is 9.97 Å². The second-order valence-electron chi connectivity index (χ2n) is 4.38. The summed E-state index contributed by atoms with van der Waals surface area (Å²) in [4.78, 5) is 9.52. The molecule has 2 aliphatic rings. The second kappa shape index (κ2) is 3.99. The highest BCUT2D eigenvalue weighted by Gasteiger charge is 2.46. The van der Waals surface area contributed by atoms with Crippen LogP contribution in [0, 0.1) is 18.0 Å². The predicted molar refractivity (Wildman–Crippen MR) is 64.2 cm³/mol. The fourth-order valence-electron chi connectivity index (χ4n) is 2.25. The predicted octanol–water partition coefficient (Wildman–Crippen LogP) is -0.0720. The summed E-state index contributed by atoms with van der Waals surface area (Å²) in [7, 11) is 0. The van der Waals surface area contributed by atoms with Crippen LogP contribution in [-0.2, 0) is 0 Å². The minimum Gasteiger partial charge on any atom is -0.396 e. The Bertz CT molecular complexity index is 540. The second-order valence-corrected chi connectivity index (χ2v) is 4.38. The number of halogens is 1. The quantitative estimate of drug-likeness (QED) is 0.636. The van der Waals surface area contributed by atoms with E-state index >= 15 is 0 Å². The van der Waals surface area contributed by atoms with Crippen molar-refractivity contribution in [1.29, 1.82) is 0 Å². The van der Waals surface area contributed by atoms with Gasteiger partial charge in [-0.2, -0.15) is 0 Å². The van der Waals surface area contributed by atoms with Crippen LogP contribution in [0.25, 0.3) is 0 Å². The van der Waals surface area contributed by atoms with Crippen LogP contribution in [-0.4, -0.2) is 33.9 Å². The molecule has 7 heteroatoms. The van der Waals surface area contributed by atoms with Crippen molar-refractivity contribution in [3.8, 4) is 12.1 Å². The van der Waals surface area contributed by atoms with Crippen molar-refractivity contribution in [3.63, 3.8) is 0 Å². The number of nitrogens with two attached hydrogens (primary N) is 1. The Morgan fingerprint density at radius 3 is 3.17 bits per heavy atom. The van der Waals surface area contributed by atoms with Crippen LogP contribution in [0.1, 0.15) is 6.42 Å². The number of aliphatic hydroxyl groups is 1. The molecular formula is C11H12FN5O. The summed E-state index contributed by atoms with van der Waals surface area (Å²) < 4.78 is 13.9. The van der Waals surface area contributed by atoms with Crippen LogP contribution in [0.4, 0.5) is 21.7 Å². The van der Waals surface area contributed by atoms with E-state index < -0.39 is 6.17 Å². The molecule has 0 radical (unpaired) electrons. The highest BCUT2D eigenvalue weighted by molar-refractivity contribution is 5.81. The van der Waals surface area contributed by atoms with Gasteiger partial charge in [-0.25, -0.2) is 14.4 Å². The number of nitrogen functional groups attached to an aromatic ring is 1. The molecule has 0 saturated heterocycles. The van der Waals surface area contributed by atoms with Gasteiger partial charge in [0, 0.05) is 24.6 Å². The first-order valence-corrected chi connectivity index (χ1v) is 5.63. The Kier molecular flexibility index (Phi) is 2.45. The van der Waals surface area contributed by atoms with Crippen molar-refractivity contribution in [3.05, 3.63) is 6.33 Å². The number of hydrogen-bond donors (Lipinski definition) is 3. The van der Waals surface area contributed by atoms with Gasteiger partial charge in [-0.05, 0) is 6.42 Å². The molecule has 1 aliphatic carbocycles. The summed E-state index contributed by atoms with van der Waals surface area (Å²) in [6.45, 7) is -0.143. The average molecular weight is 249 g/mol. The van der Waals surface area contributed by atoms with Gasteiger partial charge in [-0.15, -0.1) is 0 Å². The summed E-state index contributed by atoms with van der Waals surface area (Å²) >= 11 is 0. The molecule has 0 amide bonds. The number of nitrogens with zero attached hydrogens (tertiary/aromatic N) is 3. The molecule has 1 fully saturated rings. The summed E-state index contributed by atoms with van der Waals surface area (Å²) in [6.07, 6.45) is 0.771. The number of fused-ring (bicyclic) bond motifs is 1. The standard InChI is InChI=1S/C11H12FN5O/c12-8-6(4-18)3-7(8)17-2-1-14-9-10(13)15-5-16-11(9)17/h5-8,14,18H,3-4H2,(H2,13,15,16)/t6-,7-,8?/m1/s1. The van der Waals surface area contributed by atoms with Gasteiger partial charge < -0.3 is 16.2 Å². The molecule has 1 aliphatic heterocycles. The lowest BCUT2D eigenvalue weighted by molar-refractivity contribution is 0.0354. The van der Waals surface area contributed by atoms with Gasteiger partial charge in [-0.1, -0.05) is 0 Å². The van der Waals surface area contributed by atoms with E-state index in [1.807, 2.05) is 0 Å². The van der Waals surface area contributed by atoms with Crippen molar-refractivity contribution in [2.45, 2.75) is 18.6 Å². The van der Waals surface area contributed by atoms with Gasteiger partial charge in [-0.3, -0.25) is 4.90 Å². The van der Waals surface area contributed by atoms with E-state index in [9.17, 15) is 4.39 Å². The summed E-state index contributed by atoms with van der Waals surface area (Å²) in [6, 6.07) is 5.07. The van der Waals surface area contributed by atoms with Gasteiger partial charge >= 0.3 is 0 Å². The molecule has 1 unspecified atom stereocenters. The monoisotopic (exact) mass is 249 g/mol. The van der Waals surface area contributed by atoms with E-state index in [4.69, 9.17) is 10.8 Å². The van der Waals surface area contributed by atoms with Gasteiger partial charge in [0.1, 0.15) is 18.2 Å². The van der Waals surface area contributed by atoms with E-state index in [0.717, 1.165) is 0 Å². The van der Waals surface area contributed by atoms with Crippen LogP contribution in [0.5, 0.6) is 0 Å². The topological polar surface area (TPSA) is 87.3 Å². The molecule has 94 valence electrons. The maximum Gasteiger partial charge on any atom is 0.170 e. The molecular weight excluding hydrogens is 237 g/mol. The number of aliphatic hydroxyl groups excluding tert-OH is 1. The third-order valence-electron chi connectivity index (χ3n) is 3.38. The molecule has 1 aromatic rings. The molecule has 0 bridgehead atoms. The molecule has 0 aromatic carbocycles. The minimum absolute atomic E-state index is 0.143. The van der Waals surface area contributed by atoms with Crippen molar-refractivity contribution in [2.24, 2.45) is 5.92 Å². The van der Waals surface area contributed by atoms with E-state index in [1.165, 1.54) is 6.33 Å². The first kappa shape index (κ1) is 11.0. The molecule has 4 N–H and O–H groups in total. The zero-order valence-electron chi connectivity index (χ0n) is 9.47. The Hall–Kier alpha value is -2.07. The van der Waals surface area contributed by atoms with E-state index in [2.05, 4.69) is 27.4 Å². The number of rotatable bonds is 2. The van der Waals surface area contributed by atoms with Crippen LogP contribution in [0.2, 0.25) is 0 Å². The molecule has 1 saturated carbocycles. The van der Waals surface area contributed by atoms with Crippen LogP contribution in [0.3, 0.4) is 0 Å². The number of anilines is 3. The first-order valence-electron chi connectivity index (χ1n) is 5.63. The molecule has 6 nitrogen and oxygen atoms in total. The largest absolute Gasteiger partial charge is 0.396 e. The lowest BCUT2D eigenvalue weighted by atomic mass is 9.77. The Morgan fingerprint density at radius 2 is 2.44 bits per heavy atom. The Morgan fingerprint density at radius 1 is 1.61 bits per heavy atom. The number of aromatic nitrogens is 2. The lowest BCUT2D eigenvalue weighted by Gasteiger charge is -2.43. The van der Waals surface area contributed by atoms with Gasteiger partial charge in [0.2, 0.25) is 0 Å². The van der Waals surface area contributed by atoms with E-state index in [0.29, 0.717) is 17.9 Å². The highest BCUT2D eigenvalue weighted by Crippen LogP contribution is 2.39. The first-order chi connectivity index (χ1) is 8.72. The Labute approximate surface area is 103 Å². The van der Waals surface area contributed by atoms with Gasteiger partial charge in [0.25, 0.3) is 0 Å². The van der Waals surface area contributed by atoms with Crippen LogP contribution < -0.4 is 16.0 Å². The fourth-order valence-corrected chi connectivity index (χ4v) is 2.25. The highest BCUT2D eigenvalue weighted by atomic mass is 19.1.